The van der Waals surface area contributed by atoms with E-state index in [0.717, 1.165) is 0 Å². The van der Waals surface area contributed by atoms with Gasteiger partial charge in [-0.2, -0.15) is 9.57 Å². The number of amides is 1. The molecule has 1 heterocycles. The Labute approximate surface area is 194 Å². The number of carbonyl (C=O) groups excluding carboxylic acids is 1. The molecule has 1 aliphatic heterocycles. The fourth-order valence-corrected chi connectivity index (χ4v) is 5.02. The van der Waals surface area contributed by atoms with E-state index in [2.05, 4.69) is 16.7 Å². The number of nitrogens with zero attached hydrogens (tertiary/aromatic N) is 2. The Morgan fingerprint density at radius 1 is 1.21 bits per heavy atom. The van der Waals surface area contributed by atoms with Crippen LogP contribution in [0.3, 0.4) is 0 Å². The minimum Gasteiger partial charge on any atom is -0.489 e. The second-order valence-electron chi connectivity index (χ2n) is 7.89. The first-order valence-electron chi connectivity index (χ1n) is 10.6. The highest BCUT2D eigenvalue weighted by molar-refractivity contribution is 7.89. The van der Waals surface area contributed by atoms with Crippen molar-refractivity contribution in [3.05, 3.63) is 47.5 Å². The Morgan fingerprint density at radius 3 is 2.61 bits per heavy atom. The summed E-state index contributed by atoms with van der Waals surface area (Å²) in [5, 5.41) is 14.9. The van der Waals surface area contributed by atoms with Crippen molar-refractivity contribution in [2.24, 2.45) is 0 Å². The van der Waals surface area contributed by atoms with Gasteiger partial charge in [-0.3, -0.25) is 4.79 Å². The predicted molar refractivity (Wildman–Crippen MR) is 125 cm³/mol. The highest BCUT2D eigenvalue weighted by Gasteiger charge is 2.28. The zero-order valence-electron chi connectivity index (χ0n) is 18.9. The number of carbonyl (C=O) groups is 1. The third kappa shape index (κ3) is 6.22. The van der Waals surface area contributed by atoms with Gasteiger partial charge in [0.05, 0.1) is 48.1 Å². The maximum atomic E-state index is 13.0. The van der Waals surface area contributed by atoms with Crippen molar-refractivity contribution in [1.29, 1.82) is 5.26 Å². The molecule has 9 nitrogen and oxygen atoms in total. The maximum absolute atomic E-state index is 13.0. The molecule has 1 aliphatic rings. The lowest BCUT2D eigenvalue weighted by Crippen LogP contribution is -2.40. The number of rotatable bonds is 8. The van der Waals surface area contributed by atoms with E-state index in [1.54, 1.807) is 37.3 Å². The summed E-state index contributed by atoms with van der Waals surface area (Å²) in [6, 6.07) is 11.8. The van der Waals surface area contributed by atoms with Gasteiger partial charge in [0.15, 0.2) is 0 Å². The predicted octanol–water partition coefficient (Wildman–Crippen LogP) is 2.73. The maximum Gasteiger partial charge on any atom is 0.243 e. The molecular weight excluding hydrogens is 444 g/mol. The molecule has 0 aromatic heterocycles. The monoisotopic (exact) mass is 472 g/mol. The summed E-state index contributed by atoms with van der Waals surface area (Å²) >= 11 is 0. The number of nitrogens with one attached hydrogen (secondary N) is 2. The number of sulfonamides is 1. The van der Waals surface area contributed by atoms with Gasteiger partial charge in [0.25, 0.3) is 0 Å². The summed E-state index contributed by atoms with van der Waals surface area (Å²) in [6.45, 7) is 6.70. The van der Waals surface area contributed by atoms with Crippen molar-refractivity contribution in [1.82, 2.24) is 4.31 Å². The minimum atomic E-state index is -3.69. The molecule has 1 saturated heterocycles. The summed E-state index contributed by atoms with van der Waals surface area (Å²) in [4.78, 5) is 12.7. The molecule has 0 unspecified atom stereocenters. The average molecular weight is 473 g/mol. The van der Waals surface area contributed by atoms with Gasteiger partial charge < -0.3 is 20.1 Å². The Kier molecular flexibility index (Phi) is 7.92. The van der Waals surface area contributed by atoms with E-state index in [0.29, 0.717) is 54.6 Å². The highest BCUT2D eigenvalue weighted by atomic mass is 32.2. The van der Waals surface area contributed by atoms with Gasteiger partial charge in [-0.25, -0.2) is 8.42 Å². The molecule has 2 aromatic rings. The smallest absolute Gasteiger partial charge is 0.243 e. The third-order valence-electron chi connectivity index (χ3n) is 4.97. The van der Waals surface area contributed by atoms with Crippen molar-refractivity contribution in [2.45, 2.75) is 31.8 Å². The standard InChI is InChI=1S/C23H28N4O5S/c1-16(2)32-21-7-5-18(14-24)12-20(21)25-15-23(28)26-19-6-4-17(3)22(13-19)33(29,30)27-8-10-31-11-9-27/h4-7,12-13,16,25H,8-11,15H2,1-3H3,(H,26,28). The van der Waals surface area contributed by atoms with Gasteiger partial charge in [0.1, 0.15) is 5.75 Å². The van der Waals surface area contributed by atoms with Crippen LogP contribution in [0.15, 0.2) is 41.3 Å². The molecule has 1 fully saturated rings. The van der Waals surface area contributed by atoms with Gasteiger partial charge in [-0.15, -0.1) is 0 Å². The topological polar surface area (TPSA) is 121 Å². The zero-order valence-corrected chi connectivity index (χ0v) is 19.7. The molecule has 0 radical (unpaired) electrons. The zero-order chi connectivity index (χ0) is 24.0. The van der Waals surface area contributed by atoms with E-state index < -0.39 is 10.0 Å². The Bertz CT molecular complexity index is 1150. The lowest BCUT2D eigenvalue weighted by Gasteiger charge is -2.26. The lowest BCUT2D eigenvalue weighted by molar-refractivity contribution is -0.114. The molecule has 176 valence electrons. The molecule has 0 saturated carbocycles. The fraction of sp³-hybridized carbons (Fsp3) is 0.391. The van der Waals surface area contributed by atoms with Crippen molar-refractivity contribution in [2.75, 3.05) is 43.5 Å². The number of ether oxygens (including phenoxy) is 2. The van der Waals surface area contributed by atoms with Crippen LogP contribution in [0.4, 0.5) is 11.4 Å². The number of nitriles is 1. The van der Waals surface area contributed by atoms with Gasteiger partial charge in [-0.05, 0) is 56.7 Å². The summed E-state index contributed by atoms with van der Waals surface area (Å²) < 4.78 is 38.5. The van der Waals surface area contributed by atoms with Crippen LogP contribution < -0.4 is 15.4 Å². The first kappa shape index (κ1) is 24.5. The molecule has 33 heavy (non-hydrogen) atoms. The molecule has 10 heteroatoms. The largest absolute Gasteiger partial charge is 0.489 e. The van der Waals surface area contributed by atoms with Crippen LogP contribution in [-0.4, -0.2) is 57.6 Å². The second kappa shape index (κ2) is 10.7. The highest BCUT2D eigenvalue weighted by Crippen LogP contribution is 2.27. The van der Waals surface area contributed by atoms with Gasteiger partial charge in [-0.1, -0.05) is 6.07 Å². The molecule has 3 rings (SSSR count). The third-order valence-corrected chi connectivity index (χ3v) is 7.01. The van der Waals surface area contributed by atoms with Crippen LogP contribution in [0.5, 0.6) is 5.75 Å². The number of anilines is 2. The van der Waals surface area contributed by atoms with E-state index in [1.807, 2.05) is 13.8 Å². The van der Waals surface area contributed by atoms with Crippen LogP contribution >= 0.6 is 0 Å². The number of benzene rings is 2. The first-order valence-corrected chi connectivity index (χ1v) is 12.1. The number of aryl methyl sites for hydroxylation is 1. The van der Waals surface area contributed by atoms with Crippen LogP contribution in [0.1, 0.15) is 25.0 Å². The molecule has 2 N–H and O–H groups in total. The van der Waals surface area contributed by atoms with Crippen molar-refractivity contribution in [3.8, 4) is 11.8 Å². The van der Waals surface area contributed by atoms with E-state index in [9.17, 15) is 13.2 Å². The second-order valence-corrected chi connectivity index (χ2v) is 9.79. The Balaban J connectivity index is 1.72. The normalized spacial score (nSPS) is 14.5. The van der Waals surface area contributed by atoms with Crippen LogP contribution in [0, 0.1) is 18.3 Å². The molecule has 0 spiro atoms. The fourth-order valence-electron chi connectivity index (χ4n) is 3.36. The SMILES string of the molecule is Cc1ccc(NC(=O)CNc2cc(C#N)ccc2OC(C)C)cc1S(=O)(=O)N1CCOCC1. The Hall–Kier alpha value is -3.13. The summed E-state index contributed by atoms with van der Waals surface area (Å²) in [5.41, 5.74) is 1.94. The van der Waals surface area contributed by atoms with Gasteiger partial charge in [0.2, 0.25) is 15.9 Å². The number of hydrogen-bond acceptors (Lipinski definition) is 7. The van der Waals surface area contributed by atoms with E-state index in [-0.39, 0.29) is 23.5 Å². The summed E-state index contributed by atoms with van der Waals surface area (Å²) in [7, 11) is -3.69. The van der Waals surface area contributed by atoms with Gasteiger partial charge in [0, 0.05) is 18.8 Å². The molecule has 0 bridgehead atoms. The quantitative estimate of drug-likeness (QED) is 0.606. The summed E-state index contributed by atoms with van der Waals surface area (Å²) in [5.74, 6) is 0.164. The molecule has 2 aromatic carbocycles. The molecule has 1 amide bonds. The number of morpholine rings is 1. The minimum absolute atomic E-state index is 0.0771. The lowest BCUT2D eigenvalue weighted by atomic mass is 10.2. The van der Waals surface area contributed by atoms with Crippen molar-refractivity contribution in [3.63, 3.8) is 0 Å². The van der Waals surface area contributed by atoms with E-state index >= 15 is 0 Å². The van der Waals surface area contributed by atoms with Crippen LogP contribution in [0.25, 0.3) is 0 Å². The van der Waals surface area contributed by atoms with Gasteiger partial charge >= 0.3 is 0 Å². The first-order chi connectivity index (χ1) is 15.7. The number of hydrogen-bond donors (Lipinski definition) is 2. The van der Waals surface area contributed by atoms with Crippen molar-refractivity contribution < 1.29 is 22.7 Å². The molecular formula is C23H28N4O5S. The molecule has 0 aliphatic carbocycles. The van der Waals surface area contributed by atoms with Crippen molar-refractivity contribution >= 4 is 27.3 Å². The van der Waals surface area contributed by atoms with E-state index in [1.165, 1.54) is 10.4 Å². The Morgan fingerprint density at radius 2 is 1.94 bits per heavy atom. The van der Waals surface area contributed by atoms with Crippen LogP contribution in [-0.2, 0) is 19.6 Å². The average Bonchev–Trinajstić information content (AvgIpc) is 2.79. The van der Waals surface area contributed by atoms with Crippen LogP contribution in [0.2, 0.25) is 0 Å². The van der Waals surface area contributed by atoms with E-state index in [4.69, 9.17) is 14.7 Å². The summed E-state index contributed by atoms with van der Waals surface area (Å²) in [6.07, 6.45) is -0.0771. The molecule has 0 atom stereocenters.